The minimum atomic E-state index is -4.88. The van der Waals surface area contributed by atoms with Crippen LogP contribution in [0.3, 0.4) is 0 Å². The number of nitrogens with zero attached hydrogens (tertiary/aromatic N) is 1. The molecule has 0 unspecified atom stereocenters. The number of rotatable bonds is 8. The Morgan fingerprint density at radius 1 is 0.970 bits per heavy atom. The predicted molar refractivity (Wildman–Crippen MR) is 112 cm³/mol. The number of benzene rings is 3. The maximum Gasteiger partial charge on any atom is 0.573 e. The van der Waals surface area contributed by atoms with Gasteiger partial charge in [-0.3, -0.25) is 14.9 Å². The molecule has 3 rings (SSSR count). The summed E-state index contributed by atoms with van der Waals surface area (Å²) in [5, 5.41) is 11.0. The second-order valence-corrected chi connectivity index (χ2v) is 8.96. The summed E-state index contributed by atoms with van der Waals surface area (Å²) >= 11 is 0. The molecule has 7 nitrogen and oxygen atoms in total. The number of carbonyl (C=O) groups is 1. The molecule has 0 aliphatic carbocycles. The van der Waals surface area contributed by atoms with Crippen molar-refractivity contribution in [1.82, 2.24) is 0 Å². The maximum atomic E-state index is 12.9. The van der Waals surface area contributed by atoms with Crippen molar-refractivity contribution in [1.29, 1.82) is 0 Å². The molecular weight excluding hydrogens is 463 g/mol. The number of nitro benzene ring substituents is 1. The Morgan fingerprint density at radius 2 is 1.67 bits per heavy atom. The summed E-state index contributed by atoms with van der Waals surface area (Å²) in [6.45, 7) is 0. The van der Waals surface area contributed by atoms with Gasteiger partial charge in [-0.15, -0.1) is 13.2 Å². The molecule has 33 heavy (non-hydrogen) atoms. The Hall–Kier alpha value is -3.73. The van der Waals surface area contributed by atoms with Crippen molar-refractivity contribution in [2.75, 3.05) is 0 Å². The van der Waals surface area contributed by atoms with E-state index < -0.39 is 38.4 Å². The zero-order chi connectivity index (χ0) is 24.2. The molecule has 3 aromatic carbocycles. The van der Waals surface area contributed by atoms with Crippen LogP contribution < -0.4 is 4.74 Å². The van der Waals surface area contributed by atoms with E-state index in [0.717, 1.165) is 24.3 Å². The SMILES string of the molecule is O=C(Cc1cccc(OC(F)(F)F)c1)c1ccccc1CS(=O)(=O)c1cccc([N+](=O)[O-])c1. The van der Waals surface area contributed by atoms with Crippen LogP contribution in [0.5, 0.6) is 5.75 Å². The molecule has 0 bridgehead atoms. The normalized spacial score (nSPS) is 11.7. The van der Waals surface area contributed by atoms with Gasteiger partial charge in [-0.05, 0) is 29.3 Å². The van der Waals surface area contributed by atoms with Crippen LogP contribution in [0.4, 0.5) is 18.9 Å². The molecule has 11 heteroatoms. The Balaban J connectivity index is 1.85. The van der Waals surface area contributed by atoms with Gasteiger partial charge in [0.15, 0.2) is 15.6 Å². The summed E-state index contributed by atoms with van der Waals surface area (Å²) < 4.78 is 66.8. The van der Waals surface area contributed by atoms with E-state index >= 15 is 0 Å². The van der Waals surface area contributed by atoms with Gasteiger partial charge >= 0.3 is 6.36 Å². The molecule has 0 atom stereocenters. The fourth-order valence-electron chi connectivity index (χ4n) is 3.13. The smallest absolute Gasteiger partial charge is 0.406 e. The largest absolute Gasteiger partial charge is 0.573 e. The van der Waals surface area contributed by atoms with Crippen LogP contribution in [0, 0.1) is 10.1 Å². The Morgan fingerprint density at radius 3 is 2.36 bits per heavy atom. The Labute approximate surface area is 186 Å². The van der Waals surface area contributed by atoms with Crippen molar-refractivity contribution >= 4 is 21.3 Å². The van der Waals surface area contributed by atoms with E-state index in [4.69, 9.17) is 0 Å². The van der Waals surface area contributed by atoms with Crippen LogP contribution in [0.15, 0.2) is 77.7 Å². The fraction of sp³-hybridized carbons (Fsp3) is 0.136. The highest BCUT2D eigenvalue weighted by molar-refractivity contribution is 7.90. The van der Waals surface area contributed by atoms with Crippen LogP contribution in [0.2, 0.25) is 0 Å². The number of ether oxygens (including phenoxy) is 1. The highest BCUT2D eigenvalue weighted by Gasteiger charge is 2.31. The molecule has 0 saturated carbocycles. The van der Waals surface area contributed by atoms with Crippen molar-refractivity contribution in [3.8, 4) is 5.75 Å². The average Bonchev–Trinajstić information content (AvgIpc) is 2.73. The standard InChI is InChI=1S/C22H16F3NO6S/c23-22(24,25)32-18-8-3-5-15(11-18)12-21(27)20-10-2-1-6-16(20)14-33(30,31)19-9-4-7-17(13-19)26(28)29/h1-11,13H,12,14H2. The second kappa shape index (κ2) is 9.41. The van der Waals surface area contributed by atoms with Crippen LogP contribution in [0.1, 0.15) is 21.5 Å². The third kappa shape index (κ3) is 6.39. The lowest BCUT2D eigenvalue weighted by molar-refractivity contribution is -0.385. The van der Waals surface area contributed by atoms with Crippen molar-refractivity contribution in [2.24, 2.45) is 0 Å². The number of alkyl halides is 3. The summed E-state index contributed by atoms with van der Waals surface area (Å²) in [6.07, 6.45) is -5.17. The lowest BCUT2D eigenvalue weighted by atomic mass is 9.99. The molecule has 3 aromatic rings. The first-order valence-corrected chi connectivity index (χ1v) is 11.0. The number of hydrogen-bond donors (Lipinski definition) is 0. The van der Waals surface area contributed by atoms with Gasteiger partial charge in [-0.2, -0.15) is 0 Å². The van der Waals surface area contributed by atoms with Crippen molar-refractivity contribution in [2.45, 2.75) is 23.4 Å². The molecule has 0 radical (unpaired) electrons. The van der Waals surface area contributed by atoms with E-state index in [1.807, 2.05) is 0 Å². The molecule has 0 spiro atoms. The molecular formula is C22H16F3NO6S. The topological polar surface area (TPSA) is 104 Å². The monoisotopic (exact) mass is 479 g/mol. The van der Waals surface area contributed by atoms with Crippen LogP contribution in [-0.4, -0.2) is 25.5 Å². The molecule has 0 heterocycles. The van der Waals surface area contributed by atoms with Gasteiger partial charge in [0.2, 0.25) is 0 Å². The zero-order valence-electron chi connectivity index (χ0n) is 16.8. The summed E-state index contributed by atoms with van der Waals surface area (Å²) in [6, 6.07) is 15.4. The predicted octanol–water partition coefficient (Wildman–Crippen LogP) is 4.89. The highest BCUT2D eigenvalue weighted by Crippen LogP contribution is 2.26. The quantitative estimate of drug-likeness (QED) is 0.259. The first-order valence-electron chi connectivity index (χ1n) is 9.37. The van der Waals surface area contributed by atoms with Crippen LogP contribution >= 0.6 is 0 Å². The van der Waals surface area contributed by atoms with Gasteiger partial charge in [0.25, 0.3) is 5.69 Å². The summed E-state index contributed by atoms with van der Waals surface area (Å²) in [4.78, 5) is 22.8. The lowest BCUT2D eigenvalue weighted by Gasteiger charge is -2.11. The van der Waals surface area contributed by atoms with Crippen molar-refractivity contribution in [3.05, 3.63) is 99.6 Å². The van der Waals surface area contributed by atoms with Crippen molar-refractivity contribution < 1.29 is 36.0 Å². The maximum absolute atomic E-state index is 12.9. The molecule has 0 aromatic heterocycles. The number of halogens is 3. The molecule has 0 N–H and O–H groups in total. The van der Waals surface area contributed by atoms with Gasteiger partial charge < -0.3 is 4.74 Å². The van der Waals surface area contributed by atoms with Gasteiger partial charge in [0.1, 0.15) is 5.75 Å². The number of nitro groups is 1. The van der Waals surface area contributed by atoms with E-state index in [9.17, 15) is 36.5 Å². The fourth-order valence-corrected chi connectivity index (χ4v) is 4.54. The second-order valence-electron chi connectivity index (χ2n) is 6.97. The molecule has 0 aliphatic heterocycles. The Kier molecular flexibility index (Phi) is 6.82. The summed E-state index contributed by atoms with van der Waals surface area (Å²) in [5.74, 6) is -1.58. The molecule has 0 fully saturated rings. The average molecular weight is 479 g/mol. The number of ketones is 1. The number of non-ortho nitro benzene ring substituents is 1. The van der Waals surface area contributed by atoms with Gasteiger partial charge in [0.05, 0.1) is 15.6 Å². The first kappa shape index (κ1) is 23.9. The van der Waals surface area contributed by atoms with Gasteiger partial charge in [-0.1, -0.05) is 42.5 Å². The van der Waals surface area contributed by atoms with Crippen LogP contribution in [-0.2, 0) is 22.0 Å². The number of sulfone groups is 1. The van der Waals surface area contributed by atoms with Gasteiger partial charge in [-0.25, -0.2) is 8.42 Å². The Bertz CT molecular complexity index is 1310. The van der Waals surface area contributed by atoms with Crippen LogP contribution in [0.25, 0.3) is 0 Å². The molecule has 0 amide bonds. The van der Waals surface area contributed by atoms with E-state index in [-0.39, 0.29) is 33.7 Å². The van der Waals surface area contributed by atoms with Crippen molar-refractivity contribution in [3.63, 3.8) is 0 Å². The lowest BCUT2D eigenvalue weighted by Crippen LogP contribution is -2.17. The molecule has 172 valence electrons. The number of carbonyl (C=O) groups excluding carboxylic acids is 1. The van der Waals surface area contributed by atoms with E-state index in [2.05, 4.69) is 4.74 Å². The third-order valence-corrected chi connectivity index (χ3v) is 6.21. The molecule has 0 saturated heterocycles. The first-order chi connectivity index (χ1) is 15.4. The third-order valence-electron chi connectivity index (χ3n) is 4.55. The number of Topliss-reactive ketones (excluding diaryl/α,β-unsaturated/α-hetero) is 1. The highest BCUT2D eigenvalue weighted by atomic mass is 32.2. The molecule has 0 aliphatic rings. The summed E-state index contributed by atoms with van der Waals surface area (Å²) in [7, 11) is -4.03. The van der Waals surface area contributed by atoms with E-state index in [0.29, 0.717) is 0 Å². The van der Waals surface area contributed by atoms with E-state index in [1.54, 1.807) is 0 Å². The summed E-state index contributed by atoms with van der Waals surface area (Å²) in [5.41, 5.74) is 0.102. The van der Waals surface area contributed by atoms with E-state index in [1.165, 1.54) is 48.5 Å². The minimum absolute atomic E-state index is 0.0775. The minimum Gasteiger partial charge on any atom is -0.406 e. The number of hydrogen-bond acceptors (Lipinski definition) is 6. The van der Waals surface area contributed by atoms with Gasteiger partial charge in [0, 0.05) is 24.1 Å². The zero-order valence-corrected chi connectivity index (χ0v) is 17.6.